The molecule has 0 atom stereocenters. The zero-order valence-corrected chi connectivity index (χ0v) is 14.9. The van der Waals surface area contributed by atoms with Gasteiger partial charge in [-0.15, -0.1) is 23.3 Å². The maximum atomic E-state index is 10.4. The summed E-state index contributed by atoms with van der Waals surface area (Å²) in [6, 6.07) is 21.9. The van der Waals surface area contributed by atoms with Gasteiger partial charge in [0.15, 0.2) is 0 Å². The molecule has 0 radical (unpaired) electrons. The minimum Gasteiger partial charge on any atom is -0.188 e. The highest BCUT2D eigenvalue weighted by Gasteiger charge is 2.07. The van der Waals surface area contributed by atoms with Crippen molar-refractivity contribution in [3.8, 4) is 0 Å². The van der Waals surface area contributed by atoms with Gasteiger partial charge in [0.2, 0.25) is 22.4 Å². The highest BCUT2D eigenvalue weighted by molar-refractivity contribution is 8.20. The van der Waals surface area contributed by atoms with Crippen LogP contribution in [0.1, 0.15) is 0 Å². The molecule has 0 N–H and O–H groups in total. The molecule has 0 saturated carbocycles. The van der Waals surface area contributed by atoms with E-state index in [1.54, 1.807) is 0 Å². The van der Waals surface area contributed by atoms with Crippen LogP contribution in [-0.2, 0) is 0 Å². The topological polar surface area (TPSA) is 24.7 Å². The molecule has 0 bridgehead atoms. The Kier molecular flexibility index (Phi) is 10.7. The summed E-state index contributed by atoms with van der Waals surface area (Å²) in [6.07, 6.45) is 0.542. The first-order chi connectivity index (χ1) is 11.4. The predicted octanol–water partition coefficient (Wildman–Crippen LogP) is 7.97. The molecule has 0 amide bonds. The SMILES string of the molecule is C(=Nc1ccccc1)=Nc1ccccc1.CS(F)(F)F.CS(F)(F)F. The fourth-order valence-corrected chi connectivity index (χ4v) is 1.15. The van der Waals surface area contributed by atoms with E-state index in [9.17, 15) is 23.3 Å². The minimum absolute atomic E-state index is 0.271. The Bertz CT molecular complexity index is 584. The molecule has 2 nitrogen and oxygen atoms in total. The van der Waals surface area contributed by atoms with E-state index in [2.05, 4.69) is 16.0 Å². The van der Waals surface area contributed by atoms with Crippen LogP contribution in [0.15, 0.2) is 70.6 Å². The van der Waals surface area contributed by atoms with E-state index in [4.69, 9.17) is 0 Å². The number of nitrogens with zero attached hydrogens (tertiary/aromatic N) is 2. The maximum Gasteiger partial charge on any atom is 0.206 e. The first kappa shape index (κ1) is 23.1. The zero-order valence-electron chi connectivity index (χ0n) is 13.3. The third kappa shape index (κ3) is 22.1. The van der Waals surface area contributed by atoms with Crippen LogP contribution in [0.25, 0.3) is 0 Å². The van der Waals surface area contributed by atoms with Crippen molar-refractivity contribution < 1.29 is 23.3 Å². The van der Waals surface area contributed by atoms with Gasteiger partial charge in [0.05, 0.1) is 11.4 Å². The second kappa shape index (κ2) is 11.6. The van der Waals surface area contributed by atoms with Crippen LogP contribution in [-0.4, -0.2) is 18.5 Å². The molecule has 0 saturated heterocycles. The zero-order chi connectivity index (χ0) is 19.3. The van der Waals surface area contributed by atoms with Crippen LogP contribution in [0.3, 0.4) is 0 Å². The van der Waals surface area contributed by atoms with Gasteiger partial charge < -0.3 is 0 Å². The lowest BCUT2D eigenvalue weighted by atomic mass is 10.3. The molecule has 0 aliphatic rings. The van der Waals surface area contributed by atoms with Gasteiger partial charge in [0.1, 0.15) is 6.01 Å². The van der Waals surface area contributed by atoms with Gasteiger partial charge in [0.25, 0.3) is 0 Å². The molecule has 0 heterocycles. The summed E-state index contributed by atoms with van der Waals surface area (Å²) >= 11 is -9.33. The summed E-state index contributed by atoms with van der Waals surface area (Å²) in [6.45, 7) is 0. The number of halogens is 6. The molecule has 2 aromatic carbocycles. The van der Waals surface area contributed by atoms with Gasteiger partial charge in [-0.05, 0) is 24.3 Å². The van der Waals surface area contributed by atoms with E-state index in [0.717, 1.165) is 11.4 Å². The lowest BCUT2D eigenvalue weighted by Crippen LogP contribution is -1.63. The number of hydrogen-bond donors (Lipinski definition) is 0. The van der Waals surface area contributed by atoms with Gasteiger partial charge in [-0.1, -0.05) is 36.4 Å². The molecular formula is C15H16F6N2S2. The Morgan fingerprint density at radius 1 is 0.600 bits per heavy atom. The highest BCUT2D eigenvalue weighted by atomic mass is 32.3. The smallest absolute Gasteiger partial charge is 0.188 e. The molecule has 0 spiro atoms. The van der Waals surface area contributed by atoms with Crippen LogP contribution in [0.2, 0.25) is 0 Å². The summed E-state index contributed by atoms with van der Waals surface area (Å²) in [5.41, 5.74) is 1.72. The van der Waals surface area contributed by atoms with Gasteiger partial charge in [-0.25, -0.2) is 0 Å². The molecule has 0 aromatic heterocycles. The molecule has 2 aromatic rings. The van der Waals surface area contributed by atoms with Gasteiger partial charge in [0, 0.05) is 12.5 Å². The van der Waals surface area contributed by atoms with E-state index >= 15 is 0 Å². The van der Waals surface area contributed by atoms with Crippen molar-refractivity contribution in [2.75, 3.05) is 12.5 Å². The quantitative estimate of drug-likeness (QED) is 0.359. The van der Waals surface area contributed by atoms with Crippen molar-refractivity contribution in [2.45, 2.75) is 0 Å². The molecular weight excluding hydrogens is 386 g/mol. The Balaban J connectivity index is 0.000000480. The Labute approximate surface area is 146 Å². The number of hydrogen-bond acceptors (Lipinski definition) is 2. The Morgan fingerprint density at radius 2 is 0.840 bits per heavy atom. The fourth-order valence-electron chi connectivity index (χ4n) is 1.15. The Morgan fingerprint density at radius 3 is 1.08 bits per heavy atom. The summed E-state index contributed by atoms with van der Waals surface area (Å²) in [5.74, 6) is 0. The molecule has 10 heteroatoms. The summed E-state index contributed by atoms with van der Waals surface area (Å²) in [4.78, 5) is 8.17. The van der Waals surface area contributed by atoms with Crippen molar-refractivity contribution in [1.82, 2.24) is 0 Å². The lowest BCUT2D eigenvalue weighted by molar-refractivity contribution is 0.644. The average Bonchev–Trinajstić information content (AvgIpc) is 2.46. The summed E-state index contributed by atoms with van der Waals surface area (Å²) in [7, 11) is 0. The molecule has 140 valence electrons. The number of para-hydroxylation sites is 2. The van der Waals surface area contributed by atoms with Crippen molar-refractivity contribution in [2.24, 2.45) is 9.98 Å². The van der Waals surface area contributed by atoms with Gasteiger partial charge in [-0.2, -0.15) is 9.98 Å². The van der Waals surface area contributed by atoms with Crippen molar-refractivity contribution in [3.63, 3.8) is 0 Å². The van der Waals surface area contributed by atoms with E-state index in [-0.39, 0.29) is 12.5 Å². The maximum absolute atomic E-state index is 10.4. The molecule has 0 aliphatic carbocycles. The van der Waals surface area contributed by atoms with Crippen LogP contribution < -0.4 is 0 Å². The van der Waals surface area contributed by atoms with Crippen LogP contribution >= 0.6 is 22.4 Å². The van der Waals surface area contributed by atoms with Crippen molar-refractivity contribution >= 4 is 39.8 Å². The van der Waals surface area contributed by atoms with Crippen LogP contribution in [0.4, 0.5) is 34.7 Å². The predicted molar refractivity (Wildman–Crippen MR) is 95.7 cm³/mol. The average molecular weight is 402 g/mol. The third-order valence-electron chi connectivity index (χ3n) is 1.87. The number of benzene rings is 2. The largest absolute Gasteiger partial charge is 0.206 e. The first-order valence-corrected chi connectivity index (χ1v) is 9.94. The molecule has 0 unspecified atom stereocenters. The fraction of sp³-hybridized carbons (Fsp3) is 0.133. The molecule has 0 fully saturated rings. The Hall–Kier alpha value is -1.90. The van der Waals surface area contributed by atoms with Crippen molar-refractivity contribution in [1.29, 1.82) is 0 Å². The first-order valence-electron chi connectivity index (χ1n) is 6.46. The van der Waals surface area contributed by atoms with Gasteiger partial charge in [-0.3, -0.25) is 0 Å². The van der Waals surface area contributed by atoms with Crippen LogP contribution in [0.5, 0.6) is 0 Å². The second-order valence-corrected chi connectivity index (χ2v) is 6.82. The number of aliphatic imine (C=N–C) groups is 2. The van der Waals surface area contributed by atoms with Crippen LogP contribution in [0, 0.1) is 0 Å². The molecule has 0 aliphatic heterocycles. The third-order valence-corrected chi connectivity index (χ3v) is 1.87. The van der Waals surface area contributed by atoms with Crippen molar-refractivity contribution in [3.05, 3.63) is 60.7 Å². The summed E-state index contributed by atoms with van der Waals surface area (Å²) < 4.78 is 62.6. The normalized spacial score (nSPS) is 11.5. The standard InChI is InChI=1S/C13H10N2.2CH3F3S/c1-3-7-12(8-4-1)14-11-15-13-9-5-2-6-10-13;2*1-5(2,3)4/h1-10H;2*1H3. The lowest BCUT2D eigenvalue weighted by Gasteiger charge is -1.94. The minimum atomic E-state index is -4.67. The second-order valence-electron chi connectivity index (χ2n) is 4.27. The molecule has 25 heavy (non-hydrogen) atoms. The highest BCUT2D eigenvalue weighted by Crippen LogP contribution is 2.48. The van der Waals surface area contributed by atoms with E-state index in [1.807, 2.05) is 60.7 Å². The molecule has 2 rings (SSSR count). The number of rotatable bonds is 2. The summed E-state index contributed by atoms with van der Waals surface area (Å²) in [5, 5.41) is 0. The van der Waals surface area contributed by atoms with Gasteiger partial charge >= 0.3 is 0 Å². The van der Waals surface area contributed by atoms with E-state index in [0.29, 0.717) is 0 Å². The van der Waals surface area contributed by atoms with E-state index < -0.39 is 22.4 Å². The monoisotopic (exact) mass is 402 g/mol. The van der Waals surface area contributed by atoms with E-state index in [1.165, 1.54) is 0 Å².